The van der Waals surface area contributed by atoms with E-state index in [1.807, 2.05) is 32.0 Å². The van der Waals surface area contributed by atoms with E-state index < -0.39 is 6.10 Å². The van der Waals surface area contributed by atoms with Gasteiger partial charge in [-0.2, -0.15) is 0 Å². The summed E-state index contributed by atoms with van der Waals surface area (Å²) < 4.78 is 23.8. The number of ether oxygens (including phenoxy) is 2. The van der Waals surface area contributed by atoms with Gasteiger partial charge in [0.25, 0.3) is 5.91 Å². The molecule has 4 nitrogen and oxygen atoms in total. The third-order valence-corrected chi connectivity index (χ3v) is 4.04. The number of aryl methyl sites for hydroxylation is 1. The van der Waals surface area contributed by atoms with Crippen molar-refractivity contribution in [1.82, 2.24) is 5.32 Å². The summed E-state index contributed by atoms with van der Waals surface area (Å²) in [6, 6.07) is 11.4. The number of hydrogen-bond acceptors (Lipinski definition) is 3. The molecule has 25 heavy (non-hydrogen) atoms. The molecule has 0 saturated carbocycles. The van der Waals surface area contributed by atoms with E-state index in [1.165, 1.54) is 24.3 Å². The van der Waals surface area contributed by atoms with Gasteiger partial charge >= 0.3 is 0 Å². The maximum absolute atomic E-state index is 12.9. The molecule has 0 fully saturated rings. The second-order valence-corrected chi connectivity index (χ2v) is 5.91. The van der Waals surface area contributed by atoms with Gasteiger partial charge in [0.05, 0.1) is 13.2 Å². The Balaban J connectivity index is 2.03. The zero-order chi connectivity index (χ0) is 18.4. The highest BCUT2D eigenvalue weighted by atomic mass is 19.1. The van der Waals surface area contributed by atoms with E-state index in [4.69, 9.17) is 9.47 Å². The molecule has 0 aliphatic carbocycles. The number of nitrogens with one attached hydrogen (secondary N) is 1. The van der Waals surface area contributed by atoms with E-state index in [9.17, 15) is 9.18 Å². The van der Waals surface area contributed by atoms with E-state index in [-0.39, 0.29) is 17.8 Å². The smallest absolute Gasteiger partial charge is 0.261 e. The summed E-state index contributed by atoms with van der Waals surface area (Å²) in [5.41, 5.74) is 2.03. The topological polar surface area (TPSA) is 47.6 Å². The molecular formula is C20H24FNO3. The summed E-state index contributed by atoms with van der Waals surface area (Å²) in [4.78, 5) is 12.4. The van der Waals surface area contributed by atoms with Crippen molar-refractivity contribution < 1.29 is 18.7 Å². The molecule has 0 aliphatic rings. The van der Waals surface area contributed by atoms with Gasteiger partial charge in [-0.1, -0.05) is 19.1 Å². The first kappa shape index (κ1) is 18.8. The second-order valence-electron chi connectivity index (χ2n) is 5.91. The quantitative estimate of drug-likeness (QED) is 0.819. The van der Waals surface area contributed by atoms with Gasteiger partial charge in [0.1, 0.15) is 17.3 Å². The summed E-state index contributed by atoms with van der Waals surface area (Å²) in [5, 5.41) is 3.00. The van der Waals surface area contributed by atoms with Gasteiger partial charge in [-0.15, -0.1) is 0 Å². The lowest BCUT2D eigenvalue weighted by Crippen LogP contribution is -2.38. The molecule has 2 atom stereocenters. The van der Waals surface area contributed by atoms with Crippen LogP contribution in [0, 0.1) is 12.7 Å². The van der Waals surface area contributed by atoms with Crippen LogP contribution < -0.4 is 14.8 Å². The second kappa shape index (κ2) is 8.51. The molecule has 0 radical (unpaired) electrons. The predicted molar refractivity (Wildman–Crippen MR) is 95.4 cm³/mol. The molecule has 134 valence electrons. The summed E-state index contributed by atoms with van der Waals surface area (Å²) >= 11 is 0. The van der Waals surface area contributed by atoms with Crippen LogP contribution in [0.2, 0.25) is 0 Å². The molecule has 0 unspecified atom stereocenters. The Labute approximate surface area is 148 Å². The van der Waals surface area contributed by atoms with E-state index in [0.29, 0.717) is 5.75 Å². The average molecular weight is 345 g/mol. The standard InChI is InChI=1S/C20H24FNO3/c1-5-18(15-6-11-19(24-4)13(2)12-15)22-20(23)14(3)25-17-9-7-16(21)8-10-17/h6-12,14,18H,5H2,1-4H3,(H,22,23)/t14-,18+/m1/s1. The molecular weight excluding hydrogens is 321 g/mol. The lowest BCUT2D eigenvalue weighted by Gasteiger charge is -2.21. The molecule has 0 aromatic heterocycles. The molecule has 0 bridgehead atoms. The van der Waals surface area contributed by atoms with Gasteiger partial charge in [0.15, 0.2) is 6.10 Å². The van der Waals surface area contributed by atoms with Crippen molar-refractivity contribution in [2.45, 2.75) is 39.3 Å². The number of hydrogen-bond donors (Lipinski definition) is 1. The van der Waals surface area contributed by atoms with Gasteiger partial charge in [-0.25, -0.2) is 4.39 Å². The zero-order valence-electron chi connectivity index (χ0n) is 15.0. The van der Waals surface area contributed by atoms with Crippen LogP contribution >= 0.6 is 0 Å². The molecule has 5 heteroatoms. The van der Waals surface area contributed by atoms with E-state index >= 15 is 0 Å². The Morgan fingerprint density at radius 2 is 1.88 bits per heavy atom. The maximum atomic E-state index is 12.9. The number of rotatable bonds is 7. The monoisotopic (exact) mass is 345 g/mol. The Morgan fingerprint density at radius 3 is 2.44 bits per heavy atom. The molecule has 0 aliphatic heterocycles. The molecule has 1 N–H and O–H groups in total. The SMILES string of the molecule is CC[C@H](NC(=O)[C@@H](C)Oc1ccc(F)cc1)c1ccc(OC)c(C)c1. The third-order valence-electron chi connectivity index (χ3n) is 4.04. The van der Waals surface area contributed by atoms with Crippen molar-refractivity contribution in [3.8, 4) is 11.5 Å². The Bertz CT molecular complexity index is 715. The number of carbonyl (C=O) groups excluding carboxylic acids is 1. The third kappa shape index (κ3) is 4.95. The van der Waals surface area contributed by atoms with Crippen LogP contribution in [0.4, 0.5) is 4.39 Å². The fraction of sp³-hybridized carbons (Fsp3) is 0.350. The minimum Gasteiger partial charge on any atom is -0.496 e. The van der Waals surface area contributed by atoms with E-state index in [2.05, 4.69) is 5.32 Å². The summed E-state index contributed by atoms with van der Waals surface area (Å²) in [6.45, 7) is 5.65. The highest BCUT2D eigenvalue weighted by Gasteiger charge is 2.20. The van der Waals surface area contributed by atoms with Gasteiger partial charge in [0, 0.05) is 0 Å². The highest BCUT2D eigenvalue weighted by molar-refractivity contribution is 5.81. The molecule has 0 spiro atoms. The normalized spacial score (nSPS) is 13.0. The molecule has 0 heterocycles. The maximum Gasteiger partial charge on any atom is 0.261 e. The van der Waals surface area contributed by atoms with Crippen LogP contribution in [0.15, 0.2) is 42.5 Å². The lowest BCUT2D eigenvalue weighted by atomic mass is 10.0. The van der Waals surface area contributed by atoms with Crippen molar-refractivity contribution in [3.05, 3.63) is 59.4 Å². The molecule has 2 rings (SSSR count). The Hall–Kier alpha value is -2.56. The lowest BCUT2D eigenvalue weighted by molar-refractivity contribution is -0.128. The molecule has 1 amide bonds. The van der Waals surface area contributed by atoms with Crippen LogP contribution in [0.25, 0.3) is 0 Å². The first-order valence-electron chi connectivity index (χ1n) is 8.31. The van der Waals surface area contributed by atoms with Crippen molar-refractivity contribution in [2.24, 2.45) is 0 Å². The van der Waals surface area contributed by atoms with Crippen molar-refractivity contribution >= 4 is 5.91 Å². The highest BCUT2D eigenvalue weighted by Crippen LogP contribution is 2.24. The van der Waals surface area contributed by atoms with Gasteiger partial charge in [0.2, 0.25) is 0 Å². The number of amides is 1. The first-order valence-corrected chi connectivity index (χ1v) is 8.31. The van der Waals surface area contributed by atoms with Crippen LogP contribution in [0.1, 0.15) is 37.4 Å². The van der Waals surface area contributed by atoms with Crippen LogP contribution in [0.5, 0.6) is 11.5 Å². The number of methoxy groups -OCH3 is 1. The minimum atomic E-state index is -0.682. The molecule has 2 aromatic carbocycles. The Morgan fingerprint density at radius 1 is 1.20 bits per heavy atom. The summed E-state index contributed by atoms with van der Waals surface area (Å²) in [7, 11) is 1.63. The van der Waals surface area contributed by atoms with Crippen LogP contribution in [0.3, 0.4) is 0 Å². The van der Waals surface area contributed by atoms with Crippen LogP contribution in [-0.2, 0) is 4.79 Å². The first-order chi connectivity index (χ1) is 11.9. The minimum absolute atomic E-state index is 0.114. The Kier molecular flexibility index (Phi) is 6.39. The van der Waals surface area contributed by atoms with Crippen molar-refractivity contribution in [2.75, 3.05) is 7.11 Å². The zero-order valence-corrected chi connectivity index (χ0v) is 15.0. The number of carbonyl (C=O) groups is 1. The van der Waals surface area contributed by atoms with Gasteiger partial charge in [-0.3, -0.25) is 4.79 Å². The van der Waals surface area contributed by atoms with Gasteiger partial charge in [-0.05, 0) is 61.7 Å². The summed E-state index contributed by atoms with van der Waals surface area (Å²) in [5.74, 6) is 0.713. The van der Waals surface area contributed by atoms with Crippen molar-refractivity contribution in [3.63, 3.8) is 0 Å². The number of benzene rings is 2. The van der Waals surface area contributed by atoms with E-state index in [1.54, 1.807) is 14.0 Å². The van der Waals surface area contributed by atoms with E-state index in [0.717, 1.165) is 23.3 Å². The average Bonchev–Trinajstić information content (AvgIpc) is 2.61. The largest absolute Gasteiger partial charge is 0.496 e. The molecule has 2 aromatic rings. The molecule has 0 saturated heterocycles. The predicted octanol–water partition coefficient (Wildman–Crippen LogP) is 4.18. The fourth-order valence-electron chi connectivity index (χ4n) is 2.60. The fourth-order valence-corrected chi connectivity index (χ4v) is 2.60. The summed E-state index contributed by atoms with van der Waals surface area (Å²) in [6.07, 6.45) is 0.0692. The number of halogens is 1. The van der Waals surface area contributed by atoms with Gasteiger partial charge < -0.3 is 14.8 Å². The van der Waals surface area contributed by atoms with Crippen molar-refractivity contribution in [1.29, 1.82) is 0 Å². The van der Waals surface area contributed by atoms with Crippen LogP contribution in [-0.4, -0.2) is 19.1 Å².